The van der Waals surface area contributed by atoms with Crippen molar-refractivity contribution >= 4 is 33.9 Å². The van der Waals surface area contributed by atoms with Crippen LogP contribution in [0.25, 0.3) is 32.9 Å². The highest BCUT2D eigenvalue weighted by molar-refractivity contribution is 6.01. The number of piperidine rings is 1. The summed E-state index contributed by atoms with van der Waals surface area (Å²) in [6, 6.07) is 23.7. The number of hydrogen-bond donors (Lipinski definition) is 1. The van der Waals surface area contributed by atoms with E-state index in [2.05, 4.69) is 25.2 Å². The van der Waals surface area contributed by atoms with Crippen molar-refractivity contribution in [2.45, 2.75) is 82.1 Å². The van der Waals surface area contributed by atoms with Crippen LogP contribution in [0.5, 0.6) is 17.6 Å². The lowest BCUT2D eigenvalue weighted by atomic mass is 9.90. The molecule has 0 spiro atoms. The van der Waals surface area contributed by atoms with Gasteiger partial charge in [-0.05, 0) is 84.8 Å². The number of ether oxygens (including phenoxy) is 6. The maximum absolute atomic E-state index is 17.5. The number of likely N-dealkylation sites (tertiary alicyclic amines) is 1. The Morgan fingerprint density at radius 3 is 2.43 bits per heavy atom. The number of methoxy groups -OCH3 is 1. The van der Waals surface area contributed by atoms with E-state index in [1.165, 1.54) is 38.4 Å². The number of nitrogens with one attached hydrogen (secondary N) is 1. The number of fused-ring (bicyclic) bond motifs is 3. The molecule has 5 heterocycles. The Morgan fingerprint density at radius 1 is 0.900 bits per heavy atom. The number of carbonyl (C=O) groups is 2. The number of nitrogens with zero attached hydrogens (tertiary/aromatic N) is 5. The molecule has 18 heteroatoms. The van der Waals surface area contributed by atoms with Crippen LogP contribution in [0.3, 0.4) is 0 Å². The number of rotatable bonds is 17. The Labute approximate surface area is 405 Å². The Bertz CT molecular complexity index is 2930. The number of hydrogen-bond acceptors (Lipinski definition) is 12. The lowest BCUT2D eigenvalue weighted by Crippen LogP contribution is -2.61. The minimum Gasteiger partial charge on any atom is -0.472 e. The summed E-state index contributed by atoms with van der Waals surface area (Å²) in [5.74, 6) is -1.52. The average Bonchev–Trinajstić information content (AvgIpc) is 3.89. The molecule has 3 aliphatic heterocycles. The predicted octanol–water partition coefficient (Wildman–Crippen LogP) is 9.44. The maximum Gasteiger partial charge on any atom is 0.410 e. The molecule has 4 atom stereocenters. The van der Waals surface area contributed by atoms with Crippen LogP contribution in [-0.4, -0.2) is 114 Å². The summed E-state index contributed by atoms with van der Waals surface area (Å²) in [4.78, 5) is 43.1. The summed E-state index contributed by atoms with van der Waals surface area (Å²) in [6.45, 7) is -0.728. The SMILES string of the molecule is [2H]C([2H])(CCc1c(F)ccc2cc(OCOC)cc(-c3ncc4c(OCc5ccccc5)nc(OC[C@@]56CCCN5C[C@H](F)C6)nc4c3F)c12)OC(=O)N[C@]1(C)C[C@@H](F)CN(C(=O)OCc2ccccc2)C1. The van der Waals surface area contributed by atoms with E-state index >= 15 is 13.2 Å². The molecular formula is C52H54F4N6O8. The molecule has 70 heavy (non-hydrogen) atoms. The molecule has 3 aliphatic rings. The number of carbonyl (C=O) groups excluding carboxylic acids is 2. The number of amides is 2. The molecule has 9 rings (SSSR count). The van der Waals surface area contributed by atoms with Gasteiger partial charge in [-0.2, -0.15) is 9.97 Å². The van der Waals surface area contributed by atoms with E-state index in [0.29, 0.717) is 18.4 Å². The standard InChI is InChI=1S/C52H54F4N6O8/c1-51(23-36(53)26-61(30-51)50(64)68-29-34-13-7-4-8-14-34)60-49(63)66-20-9-15-39-42(55)17-16-35-21-38(70-32-65-2)22-40(43(35)39)45-44(56)46-41(25-57-45)47(67-28-33-11-5-3-6-12-33)59-48(58-46)69-31-52-18-10-19-62(52)27-37(54)24-52/h3-8,11-14,16-17,21-22,25,36-37H,9-10,15,18-20,23-24,26-32H2,1-2H3,(H,60,63)/t36-,37-,51-,52+/m1/s1/i20D2. The summed E-state index contributed by atoms with van der Waals surface area (Å²) in [5.41, 5.74) is -0.905. The zero-order valence-electron chi connectivity index (χ0n) is 40.7. The minimum atomic E-state index is -2.72. The van der Waals surface area contributed by atoms with Crippen molar-refractivity contribution in [2.75, 3.05) is 53.2 Å². The van der Waals surface area contributed by atoms with Crippen molar-refractivity contribution in [1.29, 1.82) is 0 Å². The molecule has 6 aromatic rings. The van der Waals surface area contributed by atoms with Crippen molar-refractivity contribution < 1.29 is 58.3 Å². The van der Waals surface area contributed by atoms with Gasteiger partial charge in [0.1, 0.15) is 54.9 Å². The van der Waals surface area contributed by atoms with E-state index in [9.17, 15) is 14.0 Å². The fourth-order valence-corrected chi connectivity index (χ4v) is 9.82. The number of pyridine rings is 1. The zero-order chi connectivity index (χ0) is 50.6. The molecule has 2 aromatic heterocycles. The van der Waals surface area contributed by atoms with Gasteiger partial charge in [-0.3, -0.25) is 9.88 Å². The second-order valence-corrected chi connectivity index (χ2v) is 18.2. The summed E-state index contributed by atoms with van der Waals surface area (Å²) in [5, 5.41) is 3.16. The van der Waals surface area contributed by atoms with Gasteiger partial charge in [-0.15, -0.1) is 0 Å². The molecule has 0 aliphatic carbocycles. The quantitative estimate of drug-likeness (QED) is 0.0686. The summed E-state index contributed by atoms with van der Waals surface area (Å²) in [7, 11) is 1.42. The molecule has 0 radical (unpaired) electrons. The van der Waals surface area contributed by atoms with Crippen molar-refractivity contribution in [2.24, 2.45) is 0 Å². The topological polar surface area (TPSA) is 147 Å². The van der Waals surface area contributed by atoms with Crippen LogP contribution in [0.15, 0.2) is 91.1 Å². The molecular weight excluding hydrogens is 913 g/mol. The predicted molar refractivity (Wildman–Crippen MR) is 251 cm³/mol. The van der Waals surface area contributed by atoms with Gasteiger partial charge >= 0.3 is 18.2 Å². The Hall–Kier alpha value is -6.79. The van der Waals surface area contributed by atoms with E-state index in [-0.39, 0.29) is 110 Å². The van der Waals surface area contributed by atoms with Crippen molar-refractivity contribution in [3.8, 4) is 28.9 Å². The Balaban J connectivity index is 0.992. The van der Waals surface area contributed by atoms with E-state index in [4.69, 9.17) is 31.2 Å². The number of halogens is 4. The largest absolute Gasteiger partial charge is 0.472 e. The second kappa shape index (κ2) is 21.1. The lowest BCUT2D eigenvalue weighted by molar-refractivity contribution is 0.0385. The van der Waals surface area contributed by atoms with Gasteiger partial charge < -0.3 is 38.6 Å². The molecule has 0 saturated carbocycles. The normalized spacial score (nSPS) is 21.8. The van der Waals surface area contributed by atoms with Gasteiger partial charge in [0.15, 0.2) is 12.6 Å². The number of alkyl carbamates (subject to hydrolysis) is 1. The zero-order valence-corrected chi connectivity index (χ0v) is 38.7. The molecule has 4 aromatic carbocycles. The van der Waals surface area contributed by atoms with E-state index in [1.807, 2.05) is 36.4 Å². The monoisotopic (exact) mass is 968 g/mol. The molecule has 1 N–H and O–H groups in total. The Morgan fingerprint density at radius 2 is 1.66 bits per heavy atom. The van der Waals surface area contributed by atoms with Gasteiger partial charge in [0.25, 0.3) is 0 Å². The molecule has 14 nitrogen and oxygen atoms in total. The van der Waals surface area contributed by atoms with Crippen molar-refractivity contribution in [1.82, 2.24) is 30.1 Å². The molecule has 3 saturated heterocycles. The van der Waals surface area contributed by atoms with Crippen molar-refractivity contribution in [3.63, 3.8) is 0 Å². The van der Waals surface area contributed by atoms with E-state index in [1.54, 1.807) is 30.3 Å². The number of alkyl halides is 2. The first-order valence-corrected chi connectivity index (χ1v) is 23.1. The highest BCUT2D eigenvalue weighted by atomic mass is 19.1. The number of aromatic nitrogens is 3. The summed E-state index contributed by atoms with van der Waals surface area (Å²) >= 11 is 0. The van der Waals surface area contributed by atoms with Crippen LogP contribution in [0, 0.1) is 11.6 Å². The first-order chi connectivity index (χ1) is 34.6. The van der Waals surface area contributed by atoms with Gasteiger partial charge in [-0.1, -0.05) is 66.7 Å². The molecule has 2 amide bonds. The molecule has 3 fully saturated rings. The van der Waals surface area contributed by atoms with Crippen LogP contribution in [0.1, 0.15) is 58.5 Å². The highest BCUT2D eigenvalue weighted by Gasteiger charge is 2.49. The van der Waals surface area contributed by atoms with Crippen LogP contribution < -0.4 is 19.5 Å². The third kappa shape index (κ3) is 10.8. The fourth-order valence-electron chi connectivity index (χ4n) is 9.82. The Kier molecular flexibility index (Phi) is 13.7. The molecule has 0 bridgehead atoms. The third-order valence-corrected chi connectivity index (χ3v) is 13.0. The minimum absolute atomic E-state index is 0.0203. The fraction of sp³-hybridized carbons (Fsp3) is 0.404. The van der Waals surface area contributed by atoms with E-state index in [0.717, 1.165) is 29.0 Å². The summed E-state index contributed by atoms with van der Waals surface area (Å²) in [6.07, 6.45) is -2.52. The molecule has 368 valence electrons. The first-order valence-electron chi connectivity index (χ1n) is 24.1. The second-order valence-electron chi connectivity index (χ2n) is 18.2. The maximum atomic E-state index is 17.5. The van der Waals surface area contributed by atoms with Gasteiger partial charge in [0.05, 0.1) is 32.3 Å². The van der Waals surface area contributed by atoms with Crippen LogP contribution >= 0.6 is 0 Å². The first kappa shape index (κ1) is 45.6. The van der Waals surface area contributed by atoms with Crippen molar-refractivity contribution in [3.05, 3.63) is 119 Å². The molecule has 0 unspecified atom stereocenters. The smallest absolute Gasteiger partial charge is 0.410 e. The third-order valence-electron chi connectivity index (χ3n) is 13.0. The van der Waals surface area contributed by atoms with E-state index < -0.39 is 60.2 Å². The van der Waals surface area contributed by atoms with Gasteiger partial charge in [0.2, 0.25) is 5.88 Å². The number of benzene rings is 4. The van der Waals surface area contributed by atoms with Crippen LogP contribution in [0.4, 0.5) is 27.2 Å². The van der Waals surface area contributed by atoms with Crippen LogP contribution in [0.2, 0.25) is 0 Å². The van der Waals surface area contributed by atoms with Crippen LogP contribution in [-0.2, 0) is 33.8 Å². The highest BCUT2D eigenvalue weighted by Crippen LogP contribution is 2.42. The summed E-state index contributed by atoms with van der Waals surface area (Å²) < 4.78 is 115. The van der Waals surface area contributed by atoms with Gasteiger partial charge in [0, 0.05) is 44.8 Å². The van der Waals surface area contributed by atoms with Gasteiger partial charge in [-0.25, -0.2) is 27.2 Å². The lowest BCUT2D eigenvalue weighted by Gasteiger charge is -2.41. The number of aryl methyl sites for hydroxylation is 1. The average molecular weight is 969 g/mol.